The predicted octanol–water partition coefficient (Wildman–Crippen LogP) is 1.05. The zero-order valence-corrected chi connectivity index (χ0v) is 14.5. The second-order valence-electron chi connectivity index (χ2n) is 6.53. The molecule has 3 amide bonds. The third-order valence-electron chi connectivity index (χ3n) is 4.79. The van der Waals surface area contributed by atoms with Gasteiger partial charge in [0.2, 0.25) is 5.91 Å². The van der Waals surface area contributed by atoms with Gasteiger partial charge < -0.3 is 19.9 Å². The van der Waals surface area contributed by atoms with E-state index in [2.05, 4.69) is 10.3 Å². The standard InChI is InChI=1S/C18H26N4O3/c23-17(5-4-15-3-1-2-8-19-15)21-9-6-16(7-10-21)20-18(24)22-11-13-25-14-12-22/h1-3,8,16H,4-7,9-14H2,(H,20,24). The molecule has 136 valence electrons. The summed E-state index contributed by atoms with van der Waals surface area (Å²) in [6.45, 7) is 3.92. The third-order valence-corrected chi connectivity index (χ3v) is 4.79. The van der Waals surface area contributed by atoms with E-state index in [-0.39, 0.29) is 18.0 Å². The number of carbonyl (C=O) groups is 2. The highest BCUT2D eigenvalue weighted by Crippen LogP contribution is 2.13. The maximum Gasteiger partial charge on any atom is 0.317 e. The van der Waals surface area contributed by atoms with Crippen LogP contribution in [0.3, 0.4) is 0 Å². The highest BCUT2D eigenvalue weighted by molar-refractivity contribution is 5.77. The summed E-state index contributed by atoms with van der Waals surface area (Å²) in [5.74, 6) is 0.170. The Hall–Kier alpha value is -2.15. The Bertz CT molecular complexity index is 567. The summed E-state index contributed by atoms with van der Waals surface area (Å²) in [5.41, 5.74) is 0.948. The zero-order chi connectivity index (χ0) is 17.5. The minimum atomic E-state index is -0.0109. The van der Waals surface area contributed by atoms with Crippen molar-refractivity contribution in [2.24, 2.45) is 0 Å². The molecule has 0 atom stereocenters. The van der Waals surface area contributed by atoms with E-state index in [1.54, 1.807) is 11.1 Å². The molecule has 0 saturated carbocycles. The average molecular weight is 346 g/mol. The number of morpholine rings is 1. The molecule has 2 aliphatic heterocycles. The lowest BCUT2D eigenvalue weighted by Crippen LogP contribution is -2.52. The first-order valence-corrected chi connectivity index (χ1v) is 9.03. The number of likely N-dealkylation sites (tertiary alicyclic amines) is 1. The van der Waals surface area contributed by atoms with Crippen LogP contribution in [0.5, 0.6) is 0 Å². The van der Waals surface area contributed by atoms with Gasteiger partial charge in [-0.05, 0) is 31.4 Å². The number of nitrogens with one attached hydrogen (secondary N) is 1. The fraction of sp³-hybridized carbons (Fsp3) is 0.611. The topological polar surface area (TPSA) is 74.8 Å². The maximum atomic E-state index is 12.3. The van der Waals surface area contributed by atoms with Crippen molar-refractivity contribution in [3.05, 3.63) is 30.1 Å². The van der Waals surface area contributed by atoms with Crippen LogP contribution in [0, 0.1) is 0 Å². The van der Waals surface area contributed by atoms with Gasteiger partial charge in [0.05, 0.1) is 13.2 Å². The molecule has 1 aromatic rings. The number of rotatable bonds is 4. The molecular formula is C18H26N4O3. The smallest absolute Gasteiger partial charge is 0.317 e. The van der Waals surface area contributed by atoms with Crippen LogP contribution in [0.15, 0.2) is 24.4 Å². The van der Waals surface area contributed by atoms with Gasteiger partial charge in [-0.3, -0.25) is 9.78 Å². The van der Waals surface area contributed by atoms with E-state index in [0.717, 1.165) is 18.5 Å². The second kappa shape index (κ2) is 8.80. The number of carbonyl (C=O) groups excluding carboxylic acids is 2. The monoisotopic (exact) mass is 346 g/mol. The SMILES string of the molecule is O=C(CCc1ccccn1)N1CCC(NC(=O)N2CCOCC2)CC1. The summed E-state index contributed by atoms with van der Waals surface area (Å²) in [4.78, 5) is 32.5. The first-order chi connectivity index (χ1) is 12.2. The van der Waals surface area contributed by atoms with Gasteiger partial charge in [0.25, 0.3) is 0 Å². The van der Waals surface area contributed by atoms with Crippen molar-refractivity contribution in [2.75, 3.05) is 39.4 Å². The summed E-state index contributed by atoms with van der Waals surface area (Å²) in [6.07, 6.45) is 4.54. The number of pyridine rings is 1. The van der Waals surface area contributed by atoms with E-state index in [1.165, 1.54) is 0 Å². The number of piperidine rings is 1. The molecule has 1 N–H and O–H groups in total. The molecule has 7 nitrogen and oxygen atoms in total. The van der Waals surface area contributed by atoms with Crippen LogP contribution in [-0.4, -0.2) is 72.2 Å². The predicted molar refractivity (Wildman–Crippen MR) is 93.1 cm³/mol. The van der Waals surface area contributed by atoms with Crippen LogP contribution in [0.2, 0.25) is 0 Å². The van der Waals surface area contributed by atoms with Gasteiger partial charge in [0.15, 0.2) is 0 Å². The van der Waals surface area contributed by atoms with Crippen molar-refractivity contribution in [3.63, 3.8) is 0 Å². The molecule has 0 radical (unpaired) electrons. The van der Waals surface area contributed by atoms with Crippen molar-refractivity contribution in [3.8, 4) is 0 Å². The number of aromatic nitrogens is 1. The van der Waals surface area contributed by atoms with Gasteiger partial charge in [-0.25, -0.2) is 4.79 Å². The molecule has 7 heteroatoms. The Morgan fingerprint density at radius 2 is 1.88 bits per heavy atom. The van der Waals surface area contributed by atoms with Gasteiger partial charge in [-0.1, -0.05) is 6.07 Å². The summed E-state index contributed by atoms with van der Waals surface area (Å²) >= 11 is 0. The van der Waals surface area contributed by atoms with Crippen LogP contribution in [0.4, 0.5) is 4.79 Å². The molecule has 0 bridgehead atoms. The fourth-order valence-electron chi connectivity index (χ4n) is 3.24. The van der Waals surface area contributed by atoms with E-state index >= 15 is 0 Å². The minimum Gasteiger partial charge on any atom is -0.378 e. The summed E-state index contributed by atoms with van der Waals surface area (Å²) in [7, 11) is 0. The van der Waals surface area contributed by atoms with E-state index in [4.69, 9.17) is 4.74 Å². The normalized spacial score (nSPS) is 18.9. The zero-order valence-electron chi connectivity index (χ0n) is 14.5. The highest BCUT2D eigenvalue weighted by Gasteiger charge is 2.25. The van der Waals surface area contributed by atoms with Gasteiger partial charge in [0, 0.05) is 50.5 Å². The van der Waals surface area contributed by atoms with Crippen LogP contribution in [0.25, 0.3) is 0 Å². The fourth-order valence-corrected chi connectivity index (χ4v) is 3.24. The second-order valence-corrected chi connectivity index (χ2v) is 6.53. The molecule has 0 aromatic carbocycles. The van der Waals surface area contributed by atoms with Crippen LogP contribution in [0.1, 0.15) is 25.0 Å². The molecule has 3 heterocycles. The summed E-state index contributed by atoms with van der Waals surface area (Å²) in [5, 5.41) is 3.09. The number of urea groups is 1. The van der Waals surface area contributed by atoms with Gasteiger partial charge in [0.1, 0.15) is 0 Å². The number of hydrogen-bond donors (Lipinski definition) is 1. The maximum absolute atomic E-state index is 12.3. The molecule has 2 fully saturated rings. The lowest BCUT2D eigenvalue weighted by Gasteiger charge is -2.34. The minimum absolute atomic E-state index is 0.0109. The number of aryl methyl sites for hydroxylation is 1. The van der Waals surface area contributed by atoms with Gasteiger partial charge in [-0.2, -0.15) is 0 Å². The largest absolute Gasteiger partial charge is 0.378 e. The van der Waals surface area contributed by atoms with Gasteiger partial charge in [-0.15, -0.1) is 0 Å². The Labute approximate surface area is 148 Å². The molecular weight excluding hydrogens is 320 g/mol. The van der Waals surface area contributed by atoms with Crippen molar-refractivity contribution in [2.45, 2.75) is 31.7 Å². The first kappa shape index (κ1) is 17.7. The van der Waals surface area contributed by atoms with E-state index in [0.29, 0.717) is 52.2 Å². The van der Waals surface area contributed by atoms with Crippen molar-refractivity contribution in [1.82, 2.24) is 20.1 Å². The van der Waals surface area contributed by atoms with Crippen molar-refractivity contribution in [1.29, 1.82) is 0 Å². The average Bonchev–Trinajstić information content (AvgIpc) is 2.68. The Balaban J connectivity index is 1.37. The number of hydrogen-bond acceptors (Lipinski definition) is 4. The highest BCUT2D eigenvalue weighted by atomic mass is 16.5. The Morgan fingerprint density at radius 1 is 1.12 bits per heavy atom. The first-order valence-electron chi connectivity index (χ1n) is 9.03. The number of ether oxygens (including phenoxy) is 1. The van der Waals surface area contributed by atoms with Crippen molar-refractivity contribution < 1.29 is 14.3 Å². The molecule has 3 rings (SSSR count). The van der Waals surface area contributed by atoms with Gasteiger partial charge >= 0.3 is 6.03 Å². The van der Waals surface area contributed by atoms with E-state index in [1.807, 2.05) is 23.1 Å². The van der Waals surface area contributed by atoms with E-state index in [9.17, 15) is 9.59 Å². The third kappa shape index (κ3) is 5.16. The van der Waals surface area contributed by atoms with E-state index < -0.39 is 0 Å². The molecule has 0 unspecified atom stereocenters. The Kier molecular flexibility index (Phi) is 6.22. The molecule has 2 aliphatic rings. The molecule has 1 aromatic heterocycles. The number of amides is 3. The molecule has 25 heavy (non-hydrogen) atoms. The van der Waals surface area contributed by atoms with Crippen molar-refractivity contribution >= 4 is 11.9 Å². The van der Waals surface area contributed by atoms with Crippen LogP contribution < -0.4 is 5.32 Å². The molecule has 0 spiro atoms. The molecule has 2 saturated heterocycles. The molecule has 0 aliphatic carbocycles. The van der Waals surface area contributed by atoms with Crippen LogP contribution in [-0.2, 0) is 16.0 Å². The summed E-state index contributed by atoms with van der Waals surface area (Å²) in [6, 6.07) is 5.90. The Morgan fingerprint density at radius 3 is 2.56 bits per heavy atom. The van der Waals surface area contributed by atoms with Crippen LogP contribution >= 0.6 is 0 Å². The summed E-state index contributed by atoms with van der Waals surface area (Å²) < 4.78 is 5.26. The lowest BCUT2D eigenvalue weighted by atomic mass is 10.0. The number of nitrogens with zero attached hydrogens (tertiary/aromatic N) is 3. The quantitative estimate of drug-likeness (QED) is 0.884. The lowest BCUT2D eigenvalue weighted by molar-refractivity contribution is -0.132.